The van der Waals surface area contributed by atoms with Crippen molar-refractivity contribution in [2.24, 2.45) is 17.8 Å². The highest BCUT2D eigenvalue weighted by Gasteiger charge is 2.37. The van der Waals surface area contributed by atoms with E-state index in [-0.39, 0.29) is 11.8 Å². The Labute approximate surface area is 120 Å². The first-order chi connectivity index (χ1) is 9.58. The molecular formula is C15H26N2O3. The van der Waals surface area contributed by atoms with E-state index in [1.165, 1.54) is 12.8 Å². The van der Waals surface area contributed by atoms with Crippen molar-refractivity contribution in [3.63, 3.8) is 0 Å². The van der Waals surface area contributed by atoms with Crippen LogP contribution in [0.3, 0.4) is 0 Å². The summed E-state index contributed by atoms with van der Waals surface area (Å²) in [6.45, 7) is 6.01. The molecule has 1 saturated carbocycles. The Hall–Kier alpha value is -1.10. The molecule has 0 aromatic heterocycles. The van der Waals surface area contributed by atoms with Crippen LogP contribution in [0.2, 0.25) is 0 Å². The van der Waals surface area contributed by atoms with Gasteiger partial charge in [0.2, 0.25) is 5.91 Å². The number of amides is 1. The number of rotatable bonds is 5. The van der Waals surface area contributed by atoms with Crippen molar-refractivity contribution in [1.29, 1.82) is 0 Å². The smallest absolute Gasteiger partial charge is 0.307 e. The van der Waals surface area contributed by atoms with Gasteiger partial charge in [-0.25, -0.2) is 0 Å². The minimum atomic E-state index is -0.826. The second-order valence-electron chi connectivity index (χ2n) is 6.30. The molecule has 1 saturated heterocycles. The SMILES string of the molecule is CC1CCN(CCNC(=O)[C@@H]2CCC[C@@H]2C(=O)O)CC1. The predicted molar refractivity (Wildman–Crippen MR) is 76.3 cm³/mol. The lowest BCUT2D eigenvalue weighted by atomic mass is 9.95. The van der Waals surface area contributed by atoms with E-state index in [2.05, 4.69) is 17.1 Å². The number of likely N-dealkylation sites (tertiary alicyclic amines) is 1. The van der Waals surface area contributed by atoms with Crippen LogP contribution in [-0.2, 0) is 9.59 Å². The van der Waals surface area contributed by atoms with Gasteiger partial charge < -0.3 is 15.3 Å². The number of piperidine rings is 1. The molecule has 114 valence electrons. The van der Waals surface area contributed by atoms with Crippen molar-refractivity contribution in [3.8, 4) is 0 Å². The molecule has 0 aromatic rings. The molecule has 1 heterocycles. The summed E-state index contributed by atoms with van der Waals surface area (Å²) in [6.07, 6.45) is 4.66. The third-order valence-corrected chi connectivity index (χ3v) is 4.77. The maximum Gasteiger partial charge on any atom is 0.307 e. The largest absolute Gasteiger partial charge is 0.481 e. The van der Waals surface area contributed by atoms with Crippen LogP contribution in [0.1, 0.15) is 39.0 Å². The average molecular weight is 282 g/mol. The highest BCUT2D eigenvalue weighted by atomic mass is 16.4. The molecule has 0 unspecified atom stereocenters. The third-order valence-electron chi connectivity index (χ3n) is 4.77. The molecule has 2 fully saturated rings. The lowest BCUT2D eigenvalue weighted by molar-refractivity contribution is -0.146. The van der Waals surface area contributed by atoms with Gasteiger partial charge in [0, 0.05) is 13.1 Å². The van der Waals surface area contributed by atoms with Gasteiger partial charge in [0.1, 0.15) is 0 Å². The molecule has 20 heavy (non-hydrogen) atoms. The van der Waals surface area contributed by atoms with E-state index < -0.39 is 11.9 Å². The normalized spacial score (nSPS) is 28.4. The Kier molecular flexibility index (Phi) is 5.40. The molecule has 0 spiro atoms. The molecule has 2 aliphatic rings. The molecule has 2 atom stereocenters. The number of hydrogen-bond acceptors (Lipinski definition) is 3. The number of carbonyl (C=O) groups is 2. The fraction of sp³-hybridized carbons (Fsp3) is 0.867. The zero-order valence-electron chi connectivity index (χ0n) is 12.3. The quantitative estimate of drug-likeness (QED) is 0.798. The molecular weight excluding hydrogens is 256 g/mol. The third kappa shape index (κ3) is 3.95. The van der Waals surface area contributed by atoms with Crippen LogP contribution < -0.4 is 5.32 Å². The van der Waals surface area contributed by atoms with Crippen LogP contribution in [0, 0.1) is 17.8 Å². The summed E-state index contributed by atoms with van der Waals surface area (Å²) in [5.74, 6) is -0.886. The van der Waals surface area contributed by atoms with Crippen LogP contribution in [-0.4, -0.2) is 48.1 Å². The van der Waals surface area contributed by atoms with Crippen LogP contribution in [0.4, 0.5) is 0 Å². The molecule has 0 bridgehead atoms. The first-order valence-electron chi connectivity index (χ1n) is 7.81. The van der Waals surface area contributed by atoms with Crippen LogP contribution in [0.5, 0.6) is 0 Å². The molecule has 2 rings (SSSR count). The number of aliphatic carboxylic acids is 1. The Morgan fingerprint density at radius 2 is 1.80 bits per heavy atom. The van der Waals surface area contributed by atoms with E-state index >= 15 is 0 Å². The molecule has 2 N–H and O–H groups in total. The van der Waals surface area contributed by atoms with Crippen molar-refractivity contribution in [2.45, 2.75) is 39.0 Å². The summed E-state index contributed by atoms with van der Waals surface area (Å²) in [7, 11) is 0. The molecule has 5 nitrogen and oxygen atoms in total. The van der Waals surface area contributed by atoms with Gasteiger partial charge in [-0.2, -0.15) is 0 Å². The topological polar surface area (TPSA) is 69.6 Å². The standard InChI is InChI=1S/C15H26N2O3/c1-11-5-8-17(9-6-11)10-7-16-14(18)12-3-2-4-13(12)15(19)20/h11-13H,2-10H2,1H3,(H,16,18)(H,19,20)/t12-,13+/m1/s1. The molecule has 1 amide bonds. The summed E-state index contributed by atoms with van der Waals surface area (Å²) in [5.41, 5.74) is 0. The zero-order chi connectivity index (χ0) is 14.5. The van der Waals surface area contributed by atoms with Gasteiger partial charge in [-0.05, 0) is 44.7 Å². The monoisotopic (exact) mass is 282 g/mol. The highest BCUT2D eigenvalue weighted by molar-refractivity contribution is 5.85. The molecule has 1 aliphatic heterocycles. The maximum absolute atomic E-state index is 12.1. The fourth-order valence-electron chi connectivity index (χ4n) is 3.32. The van der Waals surface area contributed by atoms with Gasteiger partial charge in [0.05, 0.1) is 11.8 Å². The summed E-state index contributed by atoms with van der Waals surface area (Å²) in [4.78, 5) is 25.5. The van der Waals surface area contributed by atoms with Gasteiger partial charge in [-0.3, -0.25) is 9.59 Å². The number of carboxylic acids is 1. The second-order valence-corrected chi connectivity index (χ2v) is 6.30. The second kappa shape index (κ2) is 7.07. The molecule has 1 aliphatic carbocycles. The average Bonchev–Trinajstić information content (AvgIpc) is 2.90. The number of nitrogens with one attached hydrogen (secondary N) is 1. The van der Waals surface area contributed by atoms with Gasteiger partial charge in [0.25, 0.3) is 0 Å². The minimum Gasteiger partial charge on any atom is -0.481 e. The summed E-state index contributed by atoms with van der Waals surface area (Å²) >= 11 is 0. The van der Waals surface area contributed by atoms with Crippen molar-refractivity contribution >= 4 is 11.9 Å². The zero-order valence-corrected chi connectivity index (χ0v) is 12.3. The van der Waals surface area contributed by atoms with Crippen LogP contribution in [0.15, 0.2) is 0 Å². The first-order valence-corrected chi connectivity index (χ1v) is 7.81. The molecule has 0 radical (unpaired) electrons. The van der Waals surface area contributed by atoms with Gasteiger partial charge in [-0.15, -0.1) is 0 Å². The minimum absolute atomic E-state index is 0.0692. The first kappa shape index (κ1) is 15.3. The van der Waals surface area contributed by atoms with E-state index in [9.17, 15) is 9.59 Å². The number of carboxylic acid groups (broad SMARTS) is 1. The van der Waals surface area contributed by atoms with Gasteiger partial charge in [-0.1, -0.05) is 13.3 Å². The van der Waals surface area contributed by atoms with E-state index in [1.54, 1.807) is 0 Å². The molecule has 0 aromatic carbocycles. The maximum atomic E-state index is 12.1. The predicted octanol–water partition coefficient (Wildman–Crippen LogP) is 1.34. The fourth-order valence-corrected chi connectivity index (χ4v) is 3.32. The number of carbonyl (C=O) groups excluding carboxylic acids is 1. The number of nitrogens with zero attached hydrogens (tertiary/aromatic N) is 1. The Morgan fingerprint density at radius 3 is 2.45 bits per heavy atom. The van der Waals surface area contributed by atoms with E-state index in [1.807, 2.05) is 0 Å². The van der Waals surface area contributed by atoms with E-state index in [0.29, 0.717) is 19.4 Å². The van der Waals surface area contributed by atoms with E-state index in [0.717, 1.165) is 32.0 Å². The van der Waals surface area contributed by atoms with Gasteiger partial charge in [0.15, 0.2) is 0 Å². The van der Waals surface area contributed by atoms with E-state index in [4.69, 9.17) is 5.11 Å². The Balaban J connectivity index is 1.68. The van der Waals surface area contributed by atoms with Crippen LogP contribution >= 0.6 is 0 Å². The lowest BCUT2D eigenvalue weighted by Crippen LogP contribution is -2.41. The van der Waals surface area contributed by atoms with Crippen molar-refractivity contribution < 1.29 is 14.7 Å². The van der Waals surface area contributed by atoms with Crippen molar-refractivity contribution in [2.75, 3.05) is 26.2 Å². The van der Waals surface area contributed by atoms with Crippen molar-refractivity contribution in [1.82, 2.24) is 10.2 Å². The van der Waals surface area contributed by atoms with Crippen LogP contribution in [0.25, 0.3) is 0 Å². The Morgan fingerprint density at radius 1 is 1.15 bits per heavy atom. The highest BCUT2D eigenvalue weighted by Crippen LogP contribution is 2.31. The lowest BCUT2D eigenvalue weighted by Gasteiger charge is -2.30. The number of hydrogen-bond donors (Lipinski definition) is 2. The van der Waals surface area contributed by atoms with Crippen molar-refractivity contribution in [3.05, 3.63) is 0 Å². The summed E-state index contributed by atoms with van der Waals surface area (Å²) in [6, 6.07) is 0. The van der Waals surface area contributed by atoms with Gasteiger partial charge >= 0.3 is 5.97 Å². The summed E-state index contributed by atoms with van der Waals surface area (Å²) in [5, 5.41) is 12.0. The Bertz CT molecular complexity index is 351. The summed E-state index contributed by atoms with van der Waals surface area (Å²) < 4.78 is 0. The molecule has 5 heteroatoms.